The van der Waals surface area contributed by atoms with Crippen LogP contribution in [0.1, 0.15) is 27.9 Å². The largest absolute Gasteiger partial charge is 0.287 e. The maximum Gasteiger partial charge on any atom is 0.208 e. The zero-order valence-electron chi connectivity index (χ0n) is 8.60. The van der Waals surface area contributed by atoms with Crippen molar-refractivity contribution in [3.05, 3.63) is 34.0 Å². The molecule has 0 radical (unpaired) electrons. The average molecular weight is 221 g/mol. The molecule has 0 fully saturated rings. The van der Waals surface area contributed by atoms with Gasteiger partial charge in [0.25, 0.3) is 0 Å². The number of carbonyl (C=O) groups excluding carboxylic acids is 1. The van der Waals surface area contributed by atoms with Crippen LogP contribution in [0.3, 0.4) is 0 Å². The Bertz CT molecular complexity index is 486. The van der Waals surface area contributed by atoms with Gasteiger partial charge < -0.3 is 0 Å². The monoisotopic (exact) mass is 221 g/mol. The van der Waals surface area contributed by atoms with Crippen LogP contribution in [0.5, 0.6) is 0 Å². The van der Waals surface area contributed by atoms with Gasteiger partial charge in [-0.15, -0.1) is 11.3 Å². The van der Waals surface area contributed by atoms with E-state index in [1.807, 2.05) is 13.8 Å². The van der Waals surface area contributed by atoms with Gasteiger partial charge in [-0.2, -0.15) is 5.10 Å². The first-order valence-corrected chi connectivity index (χ1v) is 5.57. The van der Waals surface area contributed by atoms with Crippen LogP contribution in [-0.2, 0) is 6.54 Å². The van der Waals surface area contributed by atoms with Crippen LogP contribution >= 0.6 is 11.3 Å². The second kappa shape index (κ2) is 3.94. The molecule has 2 aromatic rings. The Kier molecular flexibility index (Phi) is 2.64. The van der Waals surface area contributed by atoms with Gasteiger partial charge in [0.15, 0.2) is 0 Å². The summed E-state index contributed by atoms with van der Waals surface area (Å²) >= 11 is 1.37. The Morgan fingerprint density at radius 1 is 1.60 bits per heavy atom. The van der Waals surface area contributed by atoms with Crippen LogP contribution in [0, 0.1) is 6.92 Å². The average Bonchev–Trinajstić information content (AvgIpc) is 2.84. The number of carbonyl (C=O) groups is 1. The van der Waals surface area contributed by atoms with Gasteiger partial charge in [0.1, 0.15) is 0 Å². The number of aryl methyl sites for hydroxylation is 2. The SMILES string of the molecule is CCn1cc(C(=O)c2scnc2C)cn1. The number of hydrogen-bond acceptors (Lipinski definition) is 4. The maximum absolute atomic E-state index is 12.0. The van der Waals surface area contributed by atoms with Crippen molar-refractivity contribution in [3.63, 3.8) is 0 Å². The zero-order chi connectivity index (χ0) is 10.8. The minimum absolute atomic E-state index is 0.00898. The Hall–Kier alpha value is -1.49. The van der Waals surface area contributed by atoms with Crippen LogP contribution in [-0.4, -0.2) is 20.5 Å². The molecule has 4 nitrogen and oxygen atoms in total. The zero-order valence-corrected chi connectivity index (χ0v) is 9.41. The molecule has 0 unspecified atom stereocenters. The van der Waals surface area contributed by atoms with E-state index in [2.05, 4.69) is 10.1 Å². The van der Waals surface area contributed by atoms with Crippen LogP contribution in [0.2, 0.25) is 0 Å². The molecule has 0 bridgehead atoms. The molecular weight excluding hydrogens is 210 g/mol. The summed E-state index contributed by atoms with van der Waals surface area (Å²) in [5.41, 5.74) is 3.10. The summed E-state index contributed by atoms with van der Waals surface area (Å²) in [6.07, 6.45) is 3.37. The fraction of sp³-hybridized carbons (Fsp3) is 0.300. The predicted octanol–water partition coefficient (Wildman–Crippen LogP) is 1.90. The maximum atomic E-state index is 12.0. The lowest BCUT2D eigenvalue weighted by Gasteiger charge is -1.94. The highest BCUT2D eigenvalue weighted by atomic mass is 32.1. The number of thiazole rings is 1. The van der Waals surface area contributed by atoms with Crippen LogP contribution < -0.4 is 0 Å². The molecule has 0 aliphatic carbocycles. The molecule has 0 aromatic carbocycles. The molecule has 2 rings (SSSR count). The Labute approximate surface area is 91.6 Å². The van der Waals surface area contributed by atoms with Gasteiger partial charge in [-0.1, -0.05) is 0 Å². The Balaban J connectivity index is 2.32. The molecule has 0 amide bonds. The number of rotatable bonds is 3. The fourth-order valence-electron chi connectivity index (χ4n) is 1.30. The van der Waals surface area contributed by atoms with Crippen LogP contribution in [0.15, 0.2) is 17.9 Å². The topological polar surface area (TPSA) is 47.8 Å². The van der Waals surface area contributed by atoms with Crippen molar-refractivity contribution < 1.29 is 4.79 Å². The standard InChI is InChI=1S/C10H11N3OS/c1-3-13-5-8(4-12-13)9(14)10-7(2)11-6-15-10/h4-6H,3H2,1-2H3. The van der Waals surface area contributed by atoms with Gasteiger partial charge in [0, 0.05) is 12.7 Å². The lowest BCUT2D eigenvalue weighted by atomic mass is 10.2. The third kappa shape index (κ3) is 1.83. The first-order chi connectivity index (χ1) is 7.22. The van der Waals surface area contributed by atoms with E-state index in [9.17, 15) is 4.79 Å². The van der Waals surface area contributed by atoms with E-state index < -0.39 is 0 Å². The molecule has 5 heteroatoms. The third-order valence-electron chi connectivity index (χ3n) is 2.17. The molecule has 0 saturated heterocycles. The summed E-state index contributed by atoms with van der Waals surface area (Å²) in [5, 5.41) is 4.08. The van der Waals surface area contributed by atoms with E-state index in [0.29, 0.717) is 10.4 Å². The molecule has 0 aliphatic rings. The minimum atomic E-state index is 0.00898. The number of nitrogens with zero attached hydrogens (tertiary/aromatic N) is 3. The molecule has 2 aromatic heterocycles. The van der Waals surface area contributed by atoms with Crippen LogP contribution in [0.4, 0.5) is 0 Å². The number of ketones is 1. The van der Waals surface area contributed by atoms with E-state index in [1.54, 1.807) is 22.6 Å². The first-order valence-electron chi connectivity index (χ1n) is 4.69. The third-order valence-corrected chi connectivity index (χ3v) is 3.10. The molecule has 0 saturated carbocycles. The highest BCUT2D eigenvalue weighted by Gasteiger charge is 2.15. The van der Waals surface area contributed by atoms with Crippen LogP contribution in [0.25, 0.3) is 0 Å². The molecule has 0 N–H and O–H groups in total. The van der Waals surface area contributed by atoms with E-state index in [1.165, 1.54) is 11.3 Å². The van der Waals surface area contributed by atoms with Gasteiger partial charge in [0.2, 0.25) is 5.78 Å². The molecule has 0 aliphatic heterocycles. The number of aromatic nitrogens is 3. The van der Waals surface area contributed by atoms with Gasteiger partial charge >= 0.3 is 0 Å². The van der Waals surface area contributed by atoms with Crippen molar-refractivity contribution in [2.24, 2.45) is 0 Å². The lowest BCUT2D eigenvalue weighted by Crippen LogP contribution is -1.99. The first kappa shape index (κ1) is 10.0. The van der Waals surface area contributed by atoms with E-state index in [0.717, 1.165) is 12.2 Å². The van der Waals surface area contributed by atoms with Gasteiger partial charge in [0.05, 0.1) is 27.8 Å². The Morgan fingerprint density at radius 2 is 2.40 bits per heavy atom. The Morgan fingerprint density at radius 3 is 2.93 bits per heavy atom. The molecule has 2 heterocycles. The van der Waals surface area contributed by atoms with E-state index in [4.69, 9.17) is 0 Å². The summed E-state index contributed by atoms with van der Waals surface area (Å²) in [5.74, 6) is 0.00898. The minimum Gasteiger partial charge on any atom is -0.287 e. The molecule has 0 atom stereocenters. The van der Waals surface area contributed by atoms with Crippen molar-refractivity contribution in [1.29, 1.82) is 0 Å². The van der Waals surface area contributed by atoms with Gasteiger partial charge in [-0.3, -0.25) is 9.48 Å². The molecule has 78 valence electrons. The summed E-state index contributed by atoms with van der Waals surface area (Å²) in [6.45, 7) is 4.60. The summed E-state index contributed by atoms with van der Waals surface area (Å²) in [4.78, 5) is 16.7. The normalized spacial score (nSPS) is 10.5. The van der Waals surface area contributed by atoms with Crippen molar-refractivity contribution in [3.8, 4) is 0 Å². The second-order valence-corrected chi connectivity index (χ2v) is 4.04. The van der Waals surface area contributed by atoms with Crippen molar-refractivity contribution in [2.75, 3.05) is 0 Å². The quantitative estimate of drug-likeness (QED) is 0.744. The van der Waals surface area contributed by atoms with Crippen molar-refractivity contribution >= 4 is 17.1 Å². The van der Waals surface area contributed by atoms with Gasteiger partial charge in [-0.05, 0) is 13.8 Å². The summed E-state index contributed by atoms with van der Waals surface area (Å²) in [7, 11) is 0. The summed E-state index contributed by atoms with van der Waals surface area (Å²) in [6, 6.07) is 0. The van der Waals surface area contributed by atoms with Crippen molar-refractivity contribution in [1.82, 2.24) is 14.8 Å². The smallest absolute Gasteiger partial charge is 0.208 e. The predicted molar refractivity (Wildman–Crippen MR) is 58.2 cm³/mol. The summed E-state index contributed by atoms with van der Waals surface area (Å²) < 4.78 is 1.74. The van der Waals surface area contributed by atoms with Gasteiger partial charge in [-0.25, -0.2) is 4.98 Å². The van der Waals surface area contributed by atoms with E-state index in [-0.39, 0.29) is 5.78 Å². The lowest BCUT2D eigenvalue weighted by molar-refractivity contribution is 0.104. The highest BCUT2D eigenvalue weighted by molar-refractivity contribution is 7.12. The van der Waals surface area contributed by atoms with E-state index >= 15 is 0 Å². The number of hydrogen-bond donors (Lipinski definition) is 0. The van der Waals surface area contributed by atoms with Crippen molar-refractivity contribution in [2.45, 2.75) is 20.4 Å². The highest BCUT2D eigenvalue weighted by Crippen LogP contribution is 2.17. The second-order valence-electron chi connectivity index (χ2n) is 3.18. The molecular formula is C10H11N3OS. The molecule has 0 spiro atoms. The molecule has 15 heavy (non-hydrogen) atoms. The fourth-order valence-corrected chi connectivity index (χ4v) is 2.07.